The molecule has 32 heteroatoms. The number of anilines is 4. The quantitative estimate of drug-likeness (QED) is 0.0267. The average molecular weight is 1720 g/mol. The van der Waals surface area contributed by atoms with Crippen LogP contribution in [0.4, 0.5) is 23.3 Å². The minimum Gasteiger partial charge on any atom is -0.383 e. The van der Waals surface area contributed by atoms with Gasteiger partial charge in [0, 0.05) is 97.1 Å². The lowest BCUT2D eigenvalue weighted by Gasteiger charge is -2.16. The van der Waals surface area contributed by atoms with Crippen molar-refractivity contribution in [3.8, 4) is 45.0 Å². The third kappa shape index (κ3) is 20.6. The zero-order valence-electron chi connectivity index (χ0n) is 71.8. The molecule has 16 rings (SSSR count). The Balaban J connectivity index is 0.000000145. The molecule has 4 aliphatic heterocycles. The van der Waals surface area contributed by atoms with Crippen LogP contribution in [0.15, 0.2) is 194 Å². The van der Waals surface area contributed by atoms with Crippen molar-refractivity contribution in [3.63, 3.8) is 0 Å². The van der Waals surface area contributed by atoms with Crippen LogP contribution in [0.1, 0.15) is 198 Å². The molecule has 8 amide bonds. The van der Waals surface area contributed by atoms with Crippen molar-refractivity contribution in [3.05, 3.63) is 283 Å². The van der Waals surface area contributed by atoms with Gasteiger partial charge in [-0.2, -0.15) is 20.4 Å². The first-order chi connectivity index (χ1) is 61.0. The van der Waals surface area contributed by atoms with E-state index in [1.165, 1.54) is 0 Å². The Hall–Kier alpha value is -14.6. The molecule has 20 N–H and O–H groups in total. The molecule has 4 aliphatic rings. The molecule has 4 aromatic heterocycles. The van der Waals surface area contributed by atoms with Gasteiger partial charge in [-0.3, -0.25) is 38.4 Å². The van der Waals surface area contributed by atoms with E-state index in [0.29, 0.717) is 104 Å². The second-order valence-corrected chi connectivity index (χ2v) is 31.8. The molecule has 4 saturated heterocycles. The summed E-state index contributed by atoms with van der Waals surface area (Å²) < 4.78 is 28.9. The van der Waals surface area contributed by atoms with E-state index in [9.17, 15) is 38.4 Å². The fourth-order valence-electron chi connectivity index (χ4n) is 16.0. The Bertz CT molecular complexity index is 5600. The molecule has 32 nitrogen and oxygen atoms in total. The van der Waals surface area contributed by atoms with Crippen LogP contribution >= 0.6 is 0 Å². The number of hydrogen-bond donors (Lipinski definition) is 12. The third-order valence-corrected chi connectivity index (χ3v) is 23.3. The molecule has 658 valence electrons. The number of nitrogen functional groups attached to an aromatic ring is 4. The summed E-state index contributed by atoms with van der Waals surface area (Å²) in [7, 11) is 0. The van der Waals surface area contributed by atoms with Crippen molar-refractivity contribution in [2.45, 2.75) is 143 Å². The number of benzene rings is 8. The van der Waals surface area contributed by atoms with Crippen LogP contribution in [-0.2, 0) is 45.1 Å². The van der Waals surface area contributed by atoms with E-state index in [-0.39, 0.29) is 112 Å². The van der Waals surface area contributed by atoms with Gasteiger partial charge in [0.25, 0.3) is 47.3 Å². The van der Waals surface area contributed by atoms with Crippen molar-refractivity contribution in [2.24, 2.45) is 22.9 Å². The largest absolute Gasteiger partial charge is 0.383 e. The van der Waals surface area contributed by atoms with E-state index >= 15 is 0 Å². The maximum atomic E-state index is 12.4. The first-order valence-electron chi connectivity index (χ1n) is 41.9. The number of nitrogens with one attached hydrogen (secondary N) is 4. The Morgan fingerprint density at radius 3 is 0.756 bits per heavy atom. The molecule has 12 aromatic rings. The second-order valence-electron chi connectivity index (χ2n) is 31.8. The number of amides is 8. The zero-order chi connectivity index (χ0) is 90.4. The van der Waals surface area contributed by atoms with E-state index < -0.39 is 23.6 Å². The number of rotatable bonds is 24. The van der Waals surface area contributed by atoms with Gasteiger partial charge in [0.2, 0.25) is 0 Å². The SMILES string of the molecule is Cc1ccccc1C(=O)NCc1ccc(-c2nn([C@@H]3CCO[C@@H]3C)c(N)c2C(N)=O)cc1.Cc1ccccc1C(=O)NCc1ccc(-c2nn([C@@H]3CCO[C@H]3C)c(N)c2C(N)=O)cc1.Cc1ccccc1C(=O)NCc1ccc(-c2nn([C@H]3CCOC3)c(N)c2C(N)=O)cc1.Cc1ccccc1C(=O)NCc1ccc(-c2nn([C@H]3CCO[C@@H]3C)c(N)c2C(N)=O)cc1. The number of carbonyl (C=O) groups is 8. The molecule has 0 radical (unpaired) electrons. The lowest BCUT2D eigenvalue weighted by molar-refractivity contribution is 0.0942. The van der Waals surface area contributed by atoms with Crippen molar-refractivity contribution >= 4 is 70.5 Å². The number of carbonyl (C=O) groups excluding carboxylic acids is 8. The topological polar surface area (TPSA) is 501 Å². The van der Waals surface area contributed by atoms with Gasteiger partial charge in [0.1, 0.15) is 68.3 Å². The van der Waals surface area contributed by atoms with Crippen molar-refractivity contribution in [1.82, 2.24) is 60.4 Å². The Morgan fingerprint density at radius 1 is 0.323 bits per heavy atom. The summed E-state index contributed by atoms with van der Waals surface area (Å²) in [6, 6.07) is 59.5. The van der Waals surface area contributed by atoms with Crippen LogP contribution in [0.25, 0.3) is 45.0 Å². The highest BCUT2D eigenvalue weighted by Gasteiger charge is 2.36. The van der Waals surface area contributed by atoms with Gasteiger partial charge in [-0.1, -0.05) is 170 Å². The van der Waals surface area contributed by atoms with Crippen LogP contribution in [-0.4, -0.2) is 138 Å². The molecular formula is C95H106N20O12. The summed E-state index contributed by atoms with van der Waals surface area (Å²) in [6.07, 6.45) is 2.93. The predicted octanol–water partition coefficient (Wildman–Crippen LogP) is 10.9. The molecule has 0 bridgehead atoms. The van der Waals surface area contributed by atoms with E-state index in [1.54, 1.807) is 43.0 Å². The maximum Gasteiger partial charge on any atom is 0.254 e. The summed E-state index contributed by atoms with van der Waals surface area (Å²) in [6.45, 7) is 18.0. The Morgan fingerprint density at radius 2 is 0.551 bits per heavy atom. The van der Waals surface area contributed by atoms with Gasteiger partial charge in [-0.25, -0.2) is 18.7 Å². The van der Waals surface area contributed by atoms with Crippen LogP contribution in [0.2, 0.25) is 0 Å². The molecule has 0 saturated carbocycles. The van der Waals surface area contributed by atoms with Crippen LogP contribution < -0.4 is 67.1 Å². The van der Waals surface area contributed by atoms with Crippen molar-refractivity contribution in [2.75, 3.05) is 56.0 Å². The first-order valence-corrected chi connectivity index (χ1v) is 41.9. The third-order valence-electron chi connectivity index (χ3n) is 23.3. The molecule has 0 aliphatic carbocycles. The molecule has 0 spiro atoms. The first kappa shape index (κ1) is 90.1. The second kappa shape index (κ2) is 40.4. The van der Waals surface area contributed by atoms with Gasteiger partial charge in [0.05, 0.1) is 49.1 Å². The highest BCUT2D eigenvalue weighted by molar-refractivity contribution is 6.06. The number of aromatic nitrogens is 8. The molecule has 8 heterocycles. The highest BCUT2D eigenvalue weighted by Crippen LogP contribution is 2.39. The van der Waals surface area contributed by atoms with Crippen LogP contribution in [0.3, 0.4) is 0 Å². The number of nitrogens with two attached hydrogens (primary N) is 8. The summed E-state index contributed by atoms with van der Waals surface area (Å²) >= 11 is 0. The van der Waals surface area contributed by atoms with Crippen molar-refractivity contribution < 1.29 is 57.3 Å². The normalized spacial score (nSPS) is 17.4. The lowest BCUT2D eigenvalue weighted by Crippen LogP contribution is -2.23. The Labute approximate surface area is 734 Å². The monoisotopic (exact) mass is 1720 g/mol. The van der Waals surface area contributed by atoms with Gasteiger partial charge >= 0.3 is 0 Å². The van der Waals surface area contributed by atoms with E-state index in [0.717, 1.165) is 92.4 Å². The molecule has 8 aromatic carbocycles. The van der Waals surface area contributed by atoms with Gasteiger partial charge < -0.3 is 86.1 Å². The molecule has 4 fully saturated rings. The zero-order valence-corrected chi connectivity index (χ0v) is 71.8. The summed E-state index contributed by atoms with van der Waals surface area (Å²) in [5.74, 6) is -1.95. The number of primary amides is 4. The van der Waals surface area contributed by atoms with Crippen molar-refractivity contribution in [1.29, 1.82) is 0 Å². The minimum absolute atomic E-state index is 0.0113. The number of ether oxygens (including phenoxy) is 4. The fourth-order valence-corrected chi connectivity index (χ4v) is 16.0. The molecule has 0 unspecified atom stereocenters. The van der Waals surface area contributed by atoms with Gasteiger partial charge in [-0.05, 0) is 143 Å². The number of nitrogens with zero attached hydrogens (tertiary/aromatic N) is 8. The predicted molar refractivity (Wildman–Crippen MR) is 483 cm³/mol. The van der Waals surface area contributed by atoms with Crippen LogP contribution in [0, 0.1) is 27.7 Å². The van der Waals surface area contributed by atoms with Gasteiger partial charge in [-0.15, -0.1) is 0 Å². The molecule has 127 heavy (non-hydrogen) atoms. The summed E-state index contributed by atoms with van der Waals surface area (Å²) in [4.78, 5) is 98.2. The van der Waals surface area contributed by atoms with Gasteiger partial charge in [0.15, 0.2) is 0 Å². The van der Waals surface area contributed by atoms with Crippen LogP contribution in [0.5, 0.6) is 0 Å². The van der Waals surface area contributed by atoms with E-state index in [1.807, 2.05) is 218 Å². The summed E-state index contributed by atoms with van der Waals surface area (Å²) in [5, 5.41) is 30.2. The number of aryl methyl sites for hydroxylation is 4. The Kier molecular flexibility index (Phi) is 28.6. The van der Waals surface area contributed by atoms with E-state index in [4.69, 9.17) is 64.8 Å². The maximum absolute atomic E-state index is 12.4. The lowest BCUT2D eigenvalue weighted by atomic mass is 10.0. The molecular weight excluding hydrogens is 1610 g/mol. The van der Waals surface area contributed by atoms with E-state index in [2.05, 4.69) is 41.7 Å². The molecule has 7 atom stereocenters. The number of hydrogen-bond acceptors (Lipinski definition) is 20. The summed E-state index contributed by atoms with van der Waals surface area (Å²) in [5.41, 5.74) is 63.0. The fraction of sp³-hybridized carbons (Fsp3) is 0.284. The average Bonchev–Trinajstić information content (AvgIpc) is 1.69. The standard InChI is InChI=1S/3C24H27N5O3.C23H25N5O3/c3*1-14-5-3-4-6-18(14)24(31)27-13-16-7-9-17(10-8-16)21-20(23(26)30)22(25)29(28-21)19-11-12-32-15(19)2;1-14-4-2-3-5-18(14)23(30)26-12-15-6-8-16(9-7-15)20-19(22(25)29)21(24)28(27-20)17-10-11-31-13-17/h3*3-10,15,19H,11-13,25H2,1-2H3,(H2,26,30)(H,27,31);2-9,17H,10-13,24H2,1H3,(H2,25,29)(H,26,30)/t2*15-,19+;15-,19-;17-/m1010/s1. The smallest absolute Gasteiger partial charge is 0.254 e. The highest BCUT2D eigenvalue weighted by atomic mass is 16.5. The minimum atomic E-state index is -0.620.